The van der Waals surface area contributed by atoms with Crippen molar-refractivity contribution >= 4 is 18.0 Å². The molecule has 4 fully saturated rings. The van der Waals surface area contributed by atoms with E-state index in [-0.39, 0.29) is 5.75 Å². The highest BCUT2D eigenvalue weighted by Crippen LogP contribution is 2.61. The Morgan fingerprint density at radius 2 is 1.61 bits per heavy atom. The molecular formula is C32H40O17. The third kappa shape index (κ3) is 6.81. The predicted molar refractivity (Wildman–Crippen MR) is 158 cm³/mol. The van der Waals surface area contributed by atoms with Crippen LogP contribution in [0.15, 0.2) is 42.7 Å². The summed E-state index contributed by atoms with van der Waals surface area (Å²) in [5.41, 5.74) is -0.648. The van der Waals surface area contributed by atoms with E-state index in [4.69, 9.17) is 37.9 Å². The van der Waals surface area contributed by atoms with Crippen molar-refractivity contribution in [3.05, 3.63) is 48.2 Å². The van der Waals surface area contributed by atoms with Crippen LogP contribution in [0, 0.1) is 11.8 Å². The summed E-state index contributed by atoms with van der Waals surface area (Å²) in [6, 6.07) is 6.06. The van der Waals surface area contributed by atoms with Gasteiger partial charge in [0.25, 0.3) is 0 Å². The molecule has 3 saturated heterocycles. The lowest BCUT2D eigenvalue weighted by atomic mass is 9.85. The summed E-state index contributed by atoms with van der Waals surface area (Å²) in [5.74, 6) is -2.91. The van der Waals surface area contributed by atoms with E-state index in [0.717, 1.165) is 13.0 Å². The Morgan fingerprint density at radius 3 is 2.29 bits per heavy atom. The van der Waals surface area contributed by atoms with Crippen LogP contribution in [0.2, 0.25) is 0 Å². The number of ether oxygens (including phenoxy) is 8. The lowest BCUT2D eigenvalue weighted by Gasteiger charge is -2.44. The van der Waals surface area contributed by atoms with Crippen LogP contribution in [0.25, 0.3) is 6.08 Å². The molecule has 17 nitrogen and oxygen atoms in total. The van der Waals surface area contributed by atoms with E-state index in [1.807, 2.05) is 0 Å². The number of aliphatic hydroxyl groups is 6. The molecule has 6 rings (SSSR count). The molecule has 1 aromatic carbocycles. The topological polar surface area (TPSA) is 253 Å². The van der Waals surface area contributed by atoms with Gasteiger partial charge in [0.05, 0.1) is 37.6 Å². The fourth-order valence-electron chi connectivity index (χ4n) is 6.97. The fraction of sp³-hybridized carbons (Fsp3) is 0.625. The number of aliphatic hydroxyl groups excluding tert-OH is 6. The van der Waals surface area contributed by atoms with Gasteiger partial charge in [0, 0.05) is 18.9 Å². The molecule has 1 aliphatic carbocycles. The Kier molecular flexibility index (Phi) is 10.3. The second-order valence-corrected chi connectivity index (χ2v) is 12.6. The number of benzene rings is 1. The Balaban J connectivity index is 1.16. The zero-order valence-corrected chi connectivity index (χ0v) is 26.4. The third-order valence-electron chi connectivity index (χ3n) is 9.50. The van der Waals surface area contributed by atoms with Gasteiger partial charge in [-0.3, -0.25) is 4.79 Å². The van der Waals surface area contributed by atoms with Gasteiger partial charge in [-0.15, -0.1) is 0 Å². The van der Waals surface area contributed by atoms with Crippen LogP contribution in [0.1, 0.15) is 19.4 Å². The van der Waals surface area contributed by atoms with Gasteiger partial charge < -0.3 is 73.6 Å². The highest BCUT2D eigenvalue weighted by atomic mass is 16.8. The Morgan fingerprint density at radius 1 is 0.878 bits per heavy atom. The molecule has 270 valence electrons. The number of hydrogen-bond donors (Lipinski definition) is 7. The van der Waals surface area contributed by atoms with E-state index in [2.05, 4.69) is 0 Å². The van der Waals surface area contributed by atoms with Gasteiger partial charge in [-0.25, -0.2) is 4.79 Å². The minimum Gasteiger partial charge on any atom is -0.508 e. The van der Waals surface area contributed by atoms with Crippen LogP contribution in [-0.2, 0) is 47.5 Å². The lowest BCUT2D eigenvalue weighted by molar-refractivity contribution is -0.347. The summed E-state index contributed by atoms with van der Waals surface area (Å²) < 4.78 is 46.3. The van der Waals surface area contributed by atoms with Gasteiger partial charge in [0.2, 0.25) is 6.29 Å². The van der Waals surface area contributed by atoms with Gasteiger partial charge in [0.1, 0.15) is 48.0 Å². The molecule has 7 N–H and O–H groups in total. The maximum atomic E-state index is 12.7. The molecule has 17 heteroatoms. The minimum absolute atomic E-state index is 0.0572. The average Bonchev–Trinajstić information content (AvgIpc) is 3.75. The summed E-state index contributed by atoms with van der Waals surface area (Å²) in [5, 5.41) is 71.7. The van der Waals surface area contributed by atoms with Crippen molar-refractivity contribution in [2.45, 2.75) is 99.4 Å². The summed E-state index contributed by atoms with van der Waals surface area (Å²) >= 11 is 0. The zero-order valence-electron chi connectivity index (χ0n) is 26.4. The highest BCUT2D eigenvalue weighted by molar-refractivity contribution is 5.87. The predicted octanol–water partition coefficient (Wildman–Crippen LogP) is -2.20. The van der Waals surface area contributed by atoms with Crippen LogP contribution in [0.5, 0.6) is 5.75 Å². The first-order chi connectivity index (χ1) is 23.4. The Hall–Kier alpha value is -3.20. The normalized spacial score (nSPS) is 44.1. The number of rotatable bonds is 10. The van der Waals surface area contributed by atoms with E-state index in [0.29, 0.717) is 5.56 Å². The molecule has 1 aromatic rings. The van der Waals surface area contributed by atoms with Crippen LogP contribution in [-0.4, -0.2) is 146 Å². The van der Waals surface area contributed by atoms with Crippen molar-refractivity contribution in [2.24, 2.45) is 11.8 Å². The van der Waals surface area contributed by atoms with Crippen molar-refractivity contribution in [3.8, 4) is 5.75 Å². The summed E-state index contributed by atoms with van der Waals surface area (Å²) in [6.07, 6.45) is -11.8. The standard InChI is InChI=1S/C32H40O17/c1-13-25(46-19(37)8-5-15-3-6-16(36)7-4-15)24(41)27(44-14(2)35)31(43-13)47-26-17-9-10-42-29(20(17)32(12-34)28(26)49-32)48-30-23(40)22(39)21(38)18(11-33)45-30/h3-10,13,17-18,20-31,33-34,36,38-41H,11-12H2,1-2H3. The van der Waals surface area contributed by atoms with Gasteiger partial charge in [-0.2, -0.15) is 0 Å². The maximum Gasteiger partial charge on any atom is 0.331 e. The van der Waals surface area contributed by atoms with Crippen molar-refractivity contribution in [1.29, 1.82) is 0 Å². The molecule has 49 heavy (non-hydrogen) atoms. The van der Waals surface area contributed by atoms with E-state index >= 15 is 0 Å². The smallest absolute Gasteiger partial charge is 0.331 e. The first kappa shape index (κ1) is 35.6. The third-order valence-corrected chi connectivity index (χ3v) is 9.50. The molecule has 4 heterocycles. The van der Waals surface area contributed by atoms with E-state index in [9.17, 15) is 45.3 Å². The second-order valence-electron chi connectivity index (χ2n) is 12.6. The Bertz CT molecular complexity index is 1400. The average molecular weight is 697 g/mol. The molecule has 16 unspecified atom stereocenters. The highest BCUT2D eigenvalue weighted by Gasteiger charge is 2.77. The zero-order chi connectivity index (χ0) is 35.2. The number of fused-ring (bicyclic) bond motifs is 3. The number of carbonyl (C=O) groups is 2. The number of phenols is 1. The van der Waals surface area contributed by atoms with Crippen LogP contribution in [0.3, 0.4) is 0 Å². The van der Waals surface area contributed by atoms with Crippen LogP contribution in [0.4, 0.5) is 0 Å². The molecule has 16 atom stereocenters. The van der Waals surface area contributed by atoms with Crippen LogP contribution >= 0.6 is 0 Å². The lowest BCUT2D eigenvalue weighted by Crippen LogP contribution is -2.61. The van der Waals surface area contributed by atoms with Crippen molar-refractivity contribution < 1.29 is 83.2 Å². The fourth-order valence-corrected chi connectivity index (χ4v) is 6.97. The quantitative estimate of drug-likeness (QED) is 0.0779. The molecule has 0 spiro atoms. The van der Waals surface area contributed by atoms with Crippen LogP contribution < -0.4 is 0 Å². The van der Waals surface area contributed by atoms with Crippen molar-refractivity contribution in [3.63, 3.8) is 0 Å². The molecule has 4 aliphatic heterocycles. The van der Waals surface area contributed by atoms with E-state index < -0.39 is 122 Å². The van der Waals surface area contributed by atoms with Gasteiger partial charge >= 0.3 is 11.9 Å². The second kappa shape index (κ2) is 14.2. The Labute approximate surface area is 279 Å². The first-order valence-corrected chi connectivity index (χ1v) is 15.8. The molecule has 5 aliphatic rings. The van der Waals surface area contributed by atoms with Gasteiger partial charge in [-0.05, 0) is 36.8 Å². The monoisotopic (exact) mass is 696 g/mol. The largest absolute Gasteiger partial charge is 0.508 e. The molecule has 0 bridgehead atoms. The number of esters is 2. The maximum absolute atomic E-state index is 12.7. The minimum atomic E-state index is -1.71. The van der Waals surface area contributed by atoms with Crippen molar-refractivity contribution in [1.82, 2.24) is 0 Å². The molecule has 0 radical (unpaired) electrons. The van der Waals surface area contributed by atoms with Crippen molar-refractivity contribution in [2.75, 3.05) is 13.2 Å². The molecule has 1 saturated carbocycles. The number of aromatic hydroxyl groups is 1. The molecule has 0 amide bonds. The summed E-state index contributed by atoms with van der Waals surface area (Å²) in [4.78, 5) is 24.8. The number of phenolic OH excluding ortho intramolecular Hbond substituents is 1. The van der Waals surface area contributed by atoms with Gasteiger partial charge in [0.15, 0.2) is 24.8 Å². The molecular weight excluding hydrogens is 656 g/mol. The molecule has 0 aromatic heterocycles. The number of carbonyl (C=O) groups excluding carboxylic acids is 2. The SMILES string of the molecule is CC(=O)OC1C(OC2C3C=COC(OC4OC(CO)C(O)C(O)C4O)C3C3(CO)OC23)OC(C)C(OC(=O)C=Cc2ccc(O)cc2)C1O. The number of hydrogen-bond acceptors (Lipinski definition) is 17. The first-order valence-electron chi connectivity index (χ1n) is 15.8. The van der Waals surface area contributed by atoms with E-state index in [1.54, 1.807) is 18.2 Å². The van der Waals surface area contributed by atoms with E-state index in [1.165, 1.54) is 31.4 Å². The summed E-state index contributed by atoms with van der Waals surface area (Å²) in [6.45, 7) is 1.48. The van der Waals surface area contributed by atoms with Gasteiger partial charge in [-0.1, -0.05) is 12.1 Å². The summed E-state index contributed by atoms with van der Waals surface area (Å²) in [7, 11) is 0. The number of epoxide rings is 1.